The zero-order chi connectivity index (χ0) is 12.0. The zero-order valence-electron chi connectivity index (χ0n) is 9.91. The molecule has 4 heteroatoms. The van der Waals surface area contributed by atoms with Crippen LogP contribution in [0.1, 0.15) is 19.4 Å². The van der Waals surface area contributed by atoms with Gasteiger partial charge in [-0.3, -0.25) is 0 Å². The quantitative estimate of drug-likeness (QED) is 0.817. The van der Waals surface area contributed by atoms with Gasteiger partial charge in [-0.1, -0.05) is 12.1 Å². The first-order valence-electron chi connectivity index (χ1n) is 5.29. The Kier molecular flexibility index (Phi) is 4.64. The lowest BCUT2D eigenvalue weighted by molar-refractivity contribution is 0.238. The van der Waals surface area contributed by atoms with Crippen LogP contribution in [-0.2, 0) is 6.54 Å². The lowest BCUT2D eigenvalue weighted by Gasteiger charge is -2.10. The normalized spacial score (nSPS) is 10.0. The minimum Gasteiger partial charge on any atom is -0.497 e. The van der Waals surface area contributed by atoms with Crippen LogP contribution >= 0.6 is 0 Å². The number of amides is 2. The predicted octanol–water partition coefficient (Wildman–Crippen LogP) is 1.90. The average Bonchev–Trinajstić information content (AvgIpc) is 2.26. The smallest absolute Gasteiger partial charge is 0.315 e. The second kappa shape index (κ2) is 6.00. The van der Waals surface area contributed by atoms with E-state index in [1.54, 1.807) is 7.11 Å². The summed E-state index contributed by atoms with van der Waals surface area (Å²) in [4.78, 5) is 11.3. The molecule has 0 spiro atoms. The van der Waals surface area contributed by atoms with Crippen molar-refractivity contribution in [2.45, 2.75) is 26.4 Å². The predicted molar refractivity (Wildman–Crippen MR) is 63.5 cm³/mol. The summed E-state index contributed by atoms with van der Waals surface area (Å²) in [6.45, 7) is 4.36. The van der Waals surface area contributed by atoms with Crippen molar-refractivity contribution >= 4 is 6.03 Å². The van der Waals surface area contributed by atoms with Gasteiger partial charge in [-0.15, -0.1) is 0 Å². The fourth-order valence-corrected chi connectivity index (χ4v) is 1.24. The molecule has 4 nitrogen and oxygen atoms in total. The molecule has 0 fully saturated rings. The summed E-state index contributed by atoms with van der Waals surface area (Å²) in [5, 5.41) is 5.54. The summed E-state index contributed by atoms with van der Waals surface area (Å²) in [7, 11) is 1.63. The summed E-state index contributed by atoms with van der Waals surface area (Å²) in [5.41, 5.74) is 1.04. The first-order valence-corrected chi connectivity index (χ1v) is 5.29. The van der Waals surface area contributed by atoms with Crippen LogP contribution in [0.25, 0.3) is 0 Å². The van der Waals surface area contributed by atoms with Crippen molar-refractivity contribution in [3.8, 4) is 5.75 Å². The van der Waals surface area contributed by atoms with Crippen molar-refractivity contribution in [2.75, 3.05) is 7.11 Å². The molecule has 0 heterocycles. The average molecular weight is 222 g/mol. The Morgan fingerprint density at radius 1 is 1.31 bits per heavy atom. The Labute approximate surface area is 96.0 Å². The summed E-state index contributed by atoms with van der Waals surface area (Å²) in [6, 6.07) is 7.60. The first-order chi connectivity index (χ1) is 7.61. The van der Waals surface area contributed by atoms with E-state index < -0.39 is 0 Å². The second-order valence-electron chi connectivity index (χ2n) is 3.83. The molecule has 0 aliphatic carbocycles. The van der Waals surface area contributed by atoms with Crippen molar-refractivity contribution in [1.29, 1.82) is 0 Å². The number of nitrogens with one attached hydrogen (secondary N) is 2. The minimum absolute atomic E-state index is 0.147. The molecule has 0 aliphatic rings. The molecule has 0 aromatic heterocycles. The van der Waals surface area contributed by atoms with Crippen LogP contribution in [0.3, 0.4) is 0 Å². The van der Waals surface area contributed by atoms with Crippen LogP contribution < -0.4 is 15.4 Å². The summed E-state index contributed by atoms with van der Waals surface area (Å²) in [5.74, 6) is 0.815. The third kappa shape index (κ3) is 4.21. The monoisotopic (exact) mass is 222 g/mol. The van der Waals surface area contributed by atoms with E-state index in [-0.39, 0.29) is 12.1 Å². The van der Waals surface area contributed by atoms with E-state index in [0.29, 0.717) is 6.54 Å². The van der Waals surface area contributed by atoms with Gasteiger partial charge in [-0.25, -0.2) is 4.79 Å². The molecule has 1 rings (SSSR count). The SMILES string of the molecule is COc1ccc(CNC(=O)NC(C)C)cc1. The van der Waals surface area contributed by atoms with Crippen LogP contribution in [0, 0.1) is 0 Å². The number of hydrogen-bond acceptors (Lipinski definition) is 2. The van der Waals surface area contributed by atoms with Gasteiger partial charge in [-0.05, 0) is 31.5 Å². The fourth-order valence-electron chi connectivity index (χ4n) is 1.24. The number of hydrogen-bond donors (Lipinski definition) is 2. The maximum atomic E-state index is 11.3. The van der Waals surface area contributed by atoms with Crippen LogP contribution in [-0.4, -0.2) is 19.2 Å². The highest BCUT2D eigenvalue weighted by Gasteiger charge is 2.01. The van der Waals surface area contributed by atoms with E-state index in [9.17, 15) is 4.79 Å². The van der Waals surface area contributed by atoms with Gasteiger partial charge in [0.15, 0.2) is 0 Å². The lowest BCUT2D eigenvalue weighted by atomic mass is 10.2. The fraction of sp³-hybridized carbons (Fsp3) is 0.417. The van der Waals surface area contributed by atoms with E-state index in [2.05, 4.69) is 10.6 Å². The van der Waals surface area contributed by atoms with Crippen LogP contribution in [0.4, 0.5) is 4.79 Å². The molecule has 0 aliphatic heterocycles. The Balaban J connectivity index is 2.39. The van der Waals surface area contributed by atoms with Gasteiger partial charge in [0.25, 0.3) is 0 Å². The highest BCUT2D eigenvalue weighted by molar-refractivity contribution is 5.74. The number of benzene rings is 1. The molecule has 16 heavy (non-hydrogen) atoms. The van der Waals surface area contributed by atoms with Gasteiger partial charge in [0.05, 0.1) is 7.11 Å². The maximum Gasteiger partial charge on any atom is 0.315 e. The van der Waals surface area contributed by atoms with E-state index in [1.807, 2.05) is 38.1 Å². The molecular weight excluding hydrogens is 204 g/mol. The van der Waals surface area contributed by atoms with Gasteiger partial charge in [0, 0.05) is 12.6 Å². The molecule has 88 valence electrons. The van der Waals surface area contributed by atoms with Gasteiger partial charge in [0.2, 0.25) is 0 Å². The molecule has 2 amide bonds. The number of rotatable bonds is 4. The maximum absolute atomic E-state index is 11.3. The highest BCUT2D eigenvalue weighted by atomic mass is 16.5. The van der Waals surface area contributed by atoms with Gasteiger partial charge >= 0.3 is 6.03 Å². The molecule has 1 aromatic carbocycles. The lowest BCUT2D eigenvalue weighted by Crippen LogP contribution is -2.38. The summed E-state index contributed by atoms with van der Waals surface area (Å²) in [6.07, 6.45) is 0. The molecule has 0 radical (unpaired) electrons. The van der Waals surface area contributed by atoms with Crippen molar-refractivity contribution in [3.63, 3.8) is 0 Å². The standard InChI is InChI=1S/C12H18N2O2/c1-9(2)14-12(15)13-8-10-4-6-11(16-3)7-5-10/h4-7,9H,8H2,1-3H3,(H2,13,14,15). The van der Waals surface area contributed by atoms with Gasteiger partial charge < -0.3 is 15.4 Å². The molecule has 1 aromatic rings. The molecule has 0 atom stereocenters. The minimum atomic E-state index is -0.147. The van der Waals surface area contributed by atoms with E-state index in [0.717, 1.165) is 11.3 Å². The van der Waals surface area contributed by atoms with Crippen molar-refractivity contribution in [3.05, 3.63) is 29.8 Å². The highest BCUT2D eigenvalue weighted by Crippen LogP contribution is 2.10. The Bertz CT molecular complexity index is 333. The summed E-state index contributed by atoms with van der Waals surface area (Å²) < 4.78 is 5.05. The number of carbonyl (C=O) groups is 1. The third-order valence-electron chi connectivity index (χ3n) is 2.03. The molecule has 2 N–H and O–H groups in total. The van der Waals surface area contributed by atoms with E-state index in [4.69, 9.17) is 4.74 Å². The largest absolute Gasteiger partial charge is 0.497 e. The Morgan fingerprint density at radius 2 is 1.94 bits per heavy atom. The first kappa shape index (κ1) is 12.4. The van der Waals surface area contributed by atoms with E-state index >= 15 is 0 Å². The number of carbonyl (C=O) groups excluding carboxylic acids is 1. The van der Waals surface area contributed by atoms with E-state index in [1.165, 1.54) is 0 Å². The van der Waals surface area contributed by atoms with Crippen LogP contribution in [0.2, 0.25) is 0 Å². The number of urea groups is 1. The topological polar surface area (TPSA) is 50.4 Å². The number of ether oxygens (including phenoxy) is 1. The Morgan fingerprint density at radius 3 is 2.44 bits per heavy atom. The van der Waals surface area contributed by atoms with Gasteiger partial charge in [0.1, 0.15) is 5.75 Å². The van der Waals surface area contributed by atoms with Crippen molar-refractivity contribution in [2.24, 2.45) is 0 Å². The number of methoxy groups -OCH3 is 1. The van der Waals surface area contributed by atoms with Crippen molar-refractivity contribution in [1.82, 2.24) is 10.6 Å². The molecule has 0 bridgehead atoms. The zero-order valence-corrected chi connectivity index (χ0v) is 9.91. The molecule has 0 saturated heterocycles. The van der Waals surface area contributed by atoms with Crippen molar-refractivity contribution < 1.29 is 9.53 Å². The molecular formula is C12H18N2O2. The van der Waals surface area contributed by atoms with Crippen LogP contribution in [0.15, 0.2) is 24.3 Å². The van der Waals surface area contributed by atoms with Crippen LogP contribution in [0.5, 0.6) is 5.75 Å². The summed E-state index contributed by atoms with van der Waals surface area (Å²) >= 11 is 0. The molecule has 0 unspecified atom stereocenters. The Hall–Kier alpha value is -1.71. The molecule has 0 saturated carbocycles. The third-order valence-corrected chi connectivity index (χ3v) is 2.03. The van der Waals surface area contributed by atoms with Gasteiger partial charge in [-0.2, -0.15) is 0 Å². The second-order valence-corrected chi connectivity index (χ2v) is 3.83.